The van der Waals surface area contributed by atoms with Gasteiger partial charge in [0.05, 0.1) is 39.5 Å². The lowest BCUT2D eigenvalue weighted by Gasteiger charge is -2.62. The number of quaternary nitrogens is 1. The van der Waals surface area contributed by atoms with Crippen molar-refractivity contribution in [3.63, 3.8) is 0 Å². The minimum absolute atomic E-state index is 0. The molecule has 4 aliphatic carbocycles. The van der Waals surface area contributed by atoms with E-state index in [2.05, 4.69) is 25.8 Å². The van der Waals surface area contributed by atoms with Gasteiger partial charge in [0, 0.05) is 37.9 Å². The minimum atomic E-state index is -0.201. The molecule has 6 aliphatic rings. The van der Waals surface area contributed by atoms with Crippen LogP contribution in [-0.4, -0.2) is 91.2 Å². The van der Waals surface area contributed by atoms with Gasteiger partial charge in [-0.1, -0.05) is 13.8 Å². The molecular formula is C32H55BrN2O4. The predicted octanol–water partition coefficient (Wildman–Crippen LogP) is 1.64. The van der Waals surface area contributed by atoms with Crippen LogP contribution in [0, 0.1) is 34.5 Å². The van der Waals surface area contributed by atoms with E-state index in [0.717, 1.165) is 55.5 Å². The van der Waals surface area contributed by atoms with Crippen molar-refractivity contribution in [1.82, 2.24) is 4.90 Å². The second kappa shape index (κ2) is 11.5. The first-order valence-corrected chi connectivity index (χ1v) is 16.2. The number of carbonyl (C=O) groups excluding carboxylic acids is 1. The molecule has 39 heavy (non-hydrogen) atoms. The number of esters is 1. The fourth-order valence-electron chi connectivity index (χ4n) is 11.2. The van der Waals surface area contributed by atoms with Crippen molar-refractivity contribution < 1.29 is 40.8 Å². The molecule has 0 aromatic carbocycles. The summed E-state index contributed by atoms with van der Waals surface area (Å²) in [7, 11) is 2.48. The molecule has 2 aliphatic heterocycles. The van der Waals surface area contributed by atoms with Crippen LogP contribution in [0.3, 0.4) is 0 Å². The highest BCUT2D eigenvalue weighted by Crippen LogP contribution is 2.67. The molecule has 0 aromatic rings. The van der Waals surface area contributed by atoms with E-state index >= 15 is 0 Å². The molecule has 1 N–H and O–H groups in total. The van der Waals surface area contributed by atoms with Gasteiger partial charge in [0.25, 0.3) is 0 Å². The Labute approximate surface area is 247 Å². The van der Waals surface area contributed by atoms with Gasteiger partial charge in [0.1, 0.15) is 6.04 Å². The van der Waals surface area contributed by atoms with E-state index in [4.69, 9.17) is 9.47 Å². The molecule has 10 atom stereocenters. The van der Waals surface area contributed by atoms with Crippen LogP contribution in [0.5, 0.6) is 0 Å². The van der Waals surface area contributed by atoms with Crippen molar-refractivity contribution in [2.75, 3.05) is 46.4 Å². The third kappa shape index (κ3) is 5.17. The highest BCUT2D eigenvalue weighted by Gasteiger charge is 2.67. The summed E-state index contributed by atoms with van der Waals surface area (Å²) in [6, 6.07) is 0.712. The van der Waals surface area contributed by atoms with E-state index in [1.807, 2.05) is 0 Å². The van der Waals surface area contributed by atoms with Crippen LogP contribution in [-0.2, 0) is 14.3 Å². The number of ether oxygens (including phenoxy) is 2. The number of rotatable bonds is 3. The van der Waals surface area contributed by atoms with Gasteiger partial charge >= 0.3 is 5.97 Å². The molecule has 0 bridgehead atoms. The Balaban J connectivity index is 0.00000308. The number of halogens is 1. The minimum Gasteiger partial charge on any atom is -1.00 e. The van der Waals surface area contributed by atoms with Crippen molar-refractivity contribution in [3.05, 3.63) is 0 Å². The molecule has 224 valence electrons. The first kappa shape index (κ1) is 30.3. The molecule has 6 fully saturated rings. The molecule has 0 radical (unpaired) electrons. The van der Waals surface area contributed by atoms with E-state index in [0.29, 0.717) is 23.3 Å². The van der Waals surface area contributed by atoms with Gasteiger partial charge in [-0.3, -0.25) is 9.69 Å². The van der Waals surface area contributed by atoms with Crippen molar-refractivity contribution >= 4 is 5.97 Å². The summed E-state index contributed by atoms with van der Waals surface area (Å²) in [5, 5.41) is 11.3. The summed E-state index contributed by atoms with van der Waals surface area (Å²) in [6.45, 7) is 12.7. The van der Waals surface area contributed by atoms with Gasteiger partial charge < -0.3 is 36.0 Å². The number of carbonyl (C=O) groups is 1. The highest BCUT2D eigenvalue weighted by molar-refractivity contribution is 5.66. The van der Waals surface area contributed by atoms with E-state index < -0.39 is 0 Å². The van der Waals surface area contributed by atoms with Crippen LogP contribution >= 0.6 is 0 Å². The third-order valence-electron chi connectivity index (χ3n) is 13.3. The van der Waals surface area contributed by atoms with Crippen LogP contribution in [0.25, 0.3) is 0 Å². The Kier molecular flexibility index (Phi) is 8.89. The van der Waals surface area contributed by atoms with Gasteiger partial charge in [0.15, 0.2) is 6.10 Å². The number of aliphatic hydroxyl groups excluding tert-OH is 1. The van der Waals surface area contributed by atoms with Crippen molar-refractivity contribution in [2.24, 2.45) is 34.5 Å². The van der Waals surface area contributed by atoms with Gasteiger partial charge in [0.2, 0.25) is 0 Å². The van der Waals surface area contributed by atoms with Gasteiger partial charge in [-0.15, -0.1) is 0 Å². The number of nitrogens with zero attached hydrogens (tertiary/aromatic N) is 2. The quantitative estimate of drug-likeness (QED) is 0.389. The van der Waals surface area contributed by atoms with Crippen molar-refractivity contribution in [1.29, 1.82) is 0 Å². The number of hydrogen-bond acceptors (Lipinski definition) is 5. The number of hydrogen-bond donors (Lipinski definition) is 1. The molecule has 2 saturated heterocycles. The summed E-state index contributed by atoms with van der Waals surface area (Å²) >= 11 is 0. The standard InChI is InChI=1S/C32H55N2O4.BrH/c1-22(35)38-30-28(34(4)15-7-5-6-8-16-34)20-26-24-10-9-23-19-29(36)27(33-13-17-37-18-14-33)21-32(23,3)25(24)11-12-31(26,30)2;/h23-30,36H,5-21H2,1-4H3;1H/q+1;/p-1/t23-,24+,25-,26-,27-,28-,29-,30-,31-,32-;/m0./s1. The zero-order valence-corrected chi connectivity index (χ0v) is 26.7. The Morgan fingerprint density at radius 2 is 1.67 bits per heavy atom. The Hall–Kier alpha value is -0.210. The highest BCUT2D eigenvalue weighted by atomic mass is 79.9. The first-order chi connectivity index (χ1) is 18.2. The van der Waals surface area contributed by atoms with E-state index in [1.54, 1.807) is 6.92 Å². The predicted molar refractivity (Wildman–Crippen MR) is 148 cm³/mol. The molecule has 6 nitrogen and oxygen atoms in total. The molecular weight excluding hydrogens is 556 g/mol. The molecule has 4 saturated carbocycles. The zero-order valence-electron chi connectivity index (χ0n) is 25.1. The summed E-state index contributed by atoms with van der Waals surface area (Å²) < 4.78 is 13.1. The Morgan fingerprint density at radius 1 is 0.974 bits per heavy atom. The lowest BCUT2D eigenvalue weighted by molar-refractivity contribution is -0.935. The van der Waals surface area contributed by atoms with E-state index in [1.165, 1.54) is 70.9 Å². The van der Waals surface area contributed by atoms with Crippen LogP contribution in [0.2, 0.25) is 0 Å². The molecule has 0 spiro atoms. The van der Waals surface area contributed by atoms with Gasteiger partial charge in [-0.2, -0.15) is 0 Å². The van der Waals surface area contributed by atoms with Crippen LogP contribution in [0.1, 0.15) is 91.4 Å². The van der Waals surface area contributed by atoms with Crippen LogP contribution in [0.4, 0.5) is 0 Å². The van der Waals surface area contributed by atoms with Gasteiger partial charge in [-0.05, 0) is 93.3 Å². The first-order valence-electron chi connectivity index (χ1n) is 16.2. The average Bonchev–Trinajstić information content (AvgIpc) is 3.02. The molecule has 0 unspecified atom stereocenters. The monoisotopic (exact) mass is 610 g/mol. The van der Waals surface area contributed by atoms with Crippen molar-refractivity contribution in [3.8, 4) is 0 Å². The maximum Gasteiger partial charge on any atom is 0.303 e. The fraction of sp³-hybridized carbons (Fsp3) is 0.969. The Morgan fingerprint density at radius 3 is 2.33 bits per heavy atom. The number of aliphatic hydroxyl groups is 1. The SMILES string of the molecule is CC(=O)O[C@H]1[C@@H]([N+]2(C)CCCCCC2)C[C@H]2[C@@H]3CC[C@H]4C[C@H](O)[C@@H](N5CCOCC5)C[C@]4(C)[C@H]3CC[C@@]21C.[Br-]. The lowest BCUT2D eigenvalue weighted by Crippen LogP contribution is -3.00. The smallest absolute Gasteiger partial charge is 0.303 e. The van der Waals surface area contributed by atoms with Crippen molar-refractivity contribution in [2.45, 2.75) is 116 Å². The molecule has 7 heteroatoms. The Bertz CT molecular complexity index is 874. The molecule has 6 rings (SSSR count). The average molecular weight is 612 g/mol. The summed E-state index contributed by atoms with van der Waals surface area (Å²) in [5.74, 6) is 2.63. The number of fused-ring (bicyclic) bond motifs is 5. The maximum atomic E-state index is 12.5. The summed E-state index contributed by atoms with van der Waals surface area (Å²) in [5.41, 5.74) is 0.384. The fourth-order valence-corrected chi connectivity index (χ4v) is 11.2. The molecule has 0 aromatic heterocycles. The number of likely N-dealkylation sites (tertiary alicyclic amines) is 1. The second-order valence-corrected chi connectivity index (χ2v) is 15.1. The number of likely N-dealkylation sites (N-methyl/N-ethyl adjacent to an activating group) is 1. The maximum absolute atomic E-state index is 12.5. The summed E-state index contributed by atoms with van der Waals surface area (Å²) in [6.07, 6.45) is 13.5. The van der Waals surface area contributed by atoms with E-state index in [-0.39, 0.29) is 46.6 Å². The second-order valence-electron chi connectivity index (χ2n) is 15.1. The molecule has 2 heterocycles. The van der Waals surface area contributed by atoms with Crippen LogP contribution in [0.15, 0.2) is 0 Å². The lowest BCUT2D eigenvalue weighted by atomic mass is 9.44. The van der Waals surface area contributed by atoms with Crippen LogP contribution < -0.4 is 17.0 Å². The topological polar surface area (TPSA) is 59.0 Å². The normalized spacial score (nSPS) is 48.0. The third-order valence-corrected chi connectivity index (χ3v) is 13.3. The van der Waals surface area contributed by atoms with Gasteiger partial charge in [-0.25, -0.2) is 0 Å². The summed E-state index contributed by atoms with van der Waals surface area (Å²) in [4.78, 5) is 15.0. The number of morpholine rings is 1. The molecule has 0 amide bonds. The zero-order chi connectivity index (χ0) is 26.7. The van der Waals surface area contributed by atoms with E-state index in [9.17, 15) is 9.90 Å². The largest absolute Gasteiger partial charge is 1.00 e.